The number of hydrogen-bond acceptors (Lipinski definition) is 3. The number of imidazole rings is 1. The molecule has 4 heteroatoms. The quantitative estimate of drug-likeness (QED) is 0.776. The van der Waals surface area contributed by atoms with Gasteiger partial charge in [0, 0.05) is 35.3 Å². The summed E-state index contributed by atoms with van der Waals surface area (Å²) < 4.78 is 7.42. The van der Waals surface area contributed by atoms with E-state index in [1.807, 2.05) is 24.2 Å². The zero-order valence-corrected chi connectivity index (χ0v) is 9.11. The summed E-state index contributed by atoms with van der Waals surface area (Å²) in [5.41, 5.74) is 1.00. The third kappa shape index (κ3) is 1.87. The smallest absolute Gasteiger partial charge is 0.136 e. The standard InChI is InChI=1S/C11H12N2OS/c1-2-11-12-4-5-13(11)7-9(1)15-10-3-6-14-8-10/h1-2,4-5,7,10H,3,6,8H2. The van der Waals surface area contributed by atoms with Crippen LogP contribution in [-0.4, -0.2) is 27.8 Å². The highest BCUT2D eigenvalue weighted by Crippen LogP contribution is 2.28. The molecule has 0 amide bonds. The molecule has 1 aliphatic heterocycles. The molecule has 0 N–H and O–H groups in total. The van der Waals surface area contributed by atoms with E-state index in [4.69, 9.17) is 4.74 Å². The molecule has 0 aliphatic carbocycles. The Balaban J connectivity index is 1.84. The van der Waals surface area contributed by atoms with E-state index in [0.29, 0.717) is 5.25 Å². The number of aromatic nitrogens is 2. The molecule has 0 aromatic carbocycles. The largest absolute Gasteiger partial charge is 0.380 e. The molecule has 0 radical (unpaired) electrons. The van der Waals surface area contributed by atoms with Crippen LogP contribution in [-0.2, 0) is 4.74 Å². The van der Waals surface area contributed by atoms with Gasteiger partial charge >= 0.3 is 0 Å². The Kier molecular flexibility index (Phi) is 2.38. The summed E-state index contributed by atoms with van der Waals surface area (Å²) in [6.45, 7) is 1.79. The lowest BCUT2D eigenvalue weighted by Crippen LogP contribution is -2.00. The molecule has 2 aromatic heterocycles. The number of rotatable bonds is 2. The number of pyridine rings is 1. The maximum Gasteiger partial charge on any atom is 0.136 e. The molecular formula is C11H12N2OS. The van der Waals surface area contributed by atoms with Crippen LogP contribution in [0.4, 0.5) is 0 Å². The van der Waals surface area contributed by atoms with Gasteiger partial charge in [-0.3, -0.25) is 0 Å². The minimum atomic E-state index is 0.617. The molecule has 1 unspecified atom stereocenters. The molecule has 1 atom stereocenters. The summed E-state index contributed by atoms with van der Waals surface area (Å²) in [4.78, 5) is 5.51. The predicted octanol–water partition coefficient (Wildman–Crippen LogP) is 2.22. The molecule has 3 heterocycles. The Bertz CT molecular complexity index is 462. The fourth-order valence-electron chi connectivity index (χ4n) is 1.77. The second kappa shape index (κ2) is 3.87. The Morgan fingerprint density at radius 1 is 1.47 bits per heavy atom. The van der Waals surface area contributed by atoms with E-state index in [9.17, 15) is 0 Å². The normalized spacial score (nSPS) is 21.2. The molecule has 1 fully saturated rings. The summed E-state index contributed by atoms with van der Waals surface area (Å²) in [5.74, 6) is 0. The van der Waals surface area contributed by atoms with Gasteiger partial charge in [-0.05, 0) is 18.6 Å². The Labute approximate surface area is 92.5 Å². The summed E-state index contributed by atoms with van der Waals surface area (Å²) in [6, 6.07) is 4.18. The summed E-state index contributed by atoms with van der Waals surface area (Å²) in [5, 5.41) is 0.617. The number of thioether (sulfide) groups is 1. The van der Waals surface area contributed by atoms with E-state index in [1.54, 1.807) is 0 Å². The lowest BCUT2D eigenvalue weighted by molar-refractivity contribution is 0.199. The molecule has 78 valence electrons. The molecule has 0 bridgehead atoms. The second-order valence-corrected chi connectivity index (χ2v) is 5.03. The van der Waals surface area contributed by atoms with E-state index < -0.39 is 0 Å². The zero-order chi connectivity index (χ0) is 10.1. The predicted molar refractivity (Wildman–Crippen MR) is 60.3 cm³/mol. The number of hydrogen-bond donors (Lipinski definition) is 0. The summed E-state index contributed by atoms with van der Waals surface area (Å²) in [7, 11) is 0. The third-order valence-electron chi connectivity index (χ3n) is 2.55. The van der Waals surface area contributed by atoms with Gasteiger partial charge < -0.3 is 9.14 Å². The van der Waals surface area contributed by atoms with Crippen molar-refractivity contribution in [3.8, 4) is 0 Å². The molecule has 15 heavy (non-hydrogen) atoms. The highest BCUT2D eigenvalue weighted by Gasteiger charge is 2.16. The lowest BCUT2D eigenvalue weighted by Gasteiger charge is -2.07. The Morgan fingerprint density at radius 3 is 3.33 bits per heavy atom. The van der Waals surface area contributed by atoms with Gasteiger partial charge in [0.2, 0.25) is 0 Å². The van der Waals surface area contributed by atoms with Crippen LogP contribution in [0.15, 0.2) is 35.6 Å². The van der Waals surface area contributed by atoms with Crippen molar-refractivity contribution in [2.24, 2.45) is 0 Å². The lowest BCUT2D eigenvalue weighted by atomic mass is 10.4. The Hall–Kier alpha value is -1.00. The van der Waals surface area contributed by atoms with Crippen LogP contribution in [0.1, 0.15) is 6.42 Å². The topological polar surface area (TPSA) is 26.5 Å². The van der Waals surface area contributed by atoms with Gasteiger partial charge in [0.1, 0.15) is 5.65 Å². The van der Waals surface area contributed by atoms with Gasteiger partial charge in [0.05, 0.1) is 6.61 Å². The average Bonchev–Trinajstić information content (AvgIpc) is 2.87. The van der Waals surface area contributed by atoms with Crippen LogP contribution in [0.3, 0.4) is 0 Å². The van der Waals surface area contributed by atoms with Crippen molar-refractivity contribution in [2.45, 2.75) is 16.6 Å². The first-order chi connectivity index (χ1) is 7.42. The number of ether oxygens (including phenoxy) is 1. The SMILES string of the molecule is c1cn2cc(SC3CCOC3)ccc2n1. The number of nitrogens with zero attached hydrogens (tertiary/aromatic N) is 2. The van der Waals surface area contributed by atoms with Crippen molar-refractivity contribution in [2.75, 3.05) is 13.2 Å². The van der Waals surface area contributed by atoms with Gasteiger partial charge in [-0.1, -0.05) is 0 Å². The van der Waals surface area contributed by atoms with Gasteiger partial charge in [0.25, 0.3) is 0 Å². The van der Waals surface area contributed by atoms with Gasteiger partial charge in [0.15, 0.2) is 0 Å². The first kappa shape index (κ1) is 9.24. The van der Waals surface area contributed by atoms with Crippen molar-refractivity contribution in [3.63, 3.8) is 0 Å². The van der Waals surface area contributed by atoms with Crippen molar-refractivity contribution in [3.05, 3.63) is 30.7 Å². The van der Waals surface area contributed by atoms with Gasteiger partial charge in [-0.2, -0.15) is 0 Å². The molecule has 1 saturated heterocycles. The van der Waals surface area contributed by atoms with Crippen LogP contribution in [0.2, 0.25) is 0 Å². The van der Waals surface area contributed by atoms with Crippen molar-refractivity contribution >= 4 is 17.4 Å². The second-order valence-electron chi connectivity index (χ2n) is 3.66. The molecule has 3 rings (SSSR count). The van der Waals surface area contributed by atoms with E-state index in [-0.39, 0.29) is 0 Å². The highest BCUT2D eigenvalue weighted by atomic mass is 32.2. The third-order valence-corrected chi connectivity index (χ3v) is 3.77. The molecule has 1 aliphatic rings. The van der Waals surface area contributed by atoms with E-state index in [0.717, 1.165) is 25.3 Å². The van der Waals surface area contributed by atoms with Gasteiger partial charge in [-0.25, -0.2) is 4.98 Å². The van der Waals surface area contributed by atoms with E-state index in [2.05, 4.69) is 27.7 Å². The van der Waals surface area contributed by atoms with Crippen LogP contribution in [0, 0.1) is 0 Å². The van der Waals surface area contributed by atoms with Crippen LogP contribution >= 0.6 is 11.8 Å². The van der Waals surface area contributed by atoms with E-state index >= 15 is 0 Å². The highest BCUT2D eigenvalue weighted by molar-refractivity contribution is 8.00. The average molecular weight is 220 g/mol. The molecular weight excluding hydrogens is 208 g/mol. The zero-order valence-electron chi connectivity index (χ0n) is 8.30. The Morgan fingerprint density at radius 2 is 2.47 bits per heavy atom. The van der Waals surface area contributed by atoms with Crippen LogP contribution in [0.25, 0.3) is 5.65 Å². The fourth-order valence-corrected chi connectivity index (χ4v) is 2.85. The first-order valence-corrected chi connectivity index (χ1v) is 5.97. The molecule has 0 spiro atoms. The minimum Gasteiger partial charge on any atom is -0.380 e. The maximum atomic E-state index is 5.36. The van der Waals surface area contributed by atoms with Crippen molar-refractivity contribution in [1.82, 2.24) is 9.38 Å². The minimum absolute atomic E-state index is 0.617. The summed E-state index contributed by atoms with van der Waals surface area (Å²) in [6.07, 6.45) is 7.09. The molecule has 2 aromatic rings. The van der Waals surface area contributed by atoms with Crippen LogP contribution < -0.4 is 0 Å². The summed E-state index contributed by atoms with van der Waals surface area (Å²) >= 11 is 1.90. The number of fused-ring (bicyclic) bond motifs is 1. The van der Waals surface area contributed by atoms with E-state index in [1.165, 1.54) is 4.90 Å². The van der Waals surface area contributed by atoms with Crippen LogP contribution in [0.5, 0.6) is 0 Å². The monoisotopic (exact) mass is 220 g/mol. The van der Waals surface area contributed by atoms with Crippen molar-refractivity contribution in [1.29, 1.82) is 0 Å². The maximum absolute atomic E-state index is 5.36. The van der Waals surface area contributed by atoms with Gasteiger partial charge in [-0.15, -0.1) is 11.8 Å². The first-order valence-electron chi connectivity index (χ1n) is 5.09. The molecule has 0 saturated carbocycles. The van der Waals surface area contributed by atoms with Crippen molar-refractivity contribution < 1.29 is 4.74 Å². The fraction of sp³-hybridized carbons (Fsp3) is 0.364. The molecule has 3 nitrogen and oxygen atoms in total.